The summed E-state index contributed by atoms with van der Waals surface area (Å²) in [5.41, 5.74) is 0.964. The molecule has 0 radical (unpaired) electrons. The second-order valence-electron chi connectivity index (χ2n) is 6.29. The van der Waals surface area contributed by atoms with E-state index in [2.05, 4.69) is 15.4 Å². The molecule has 31 heavy (non-hydrogen) atoms. The van der Waals surface area contributed by atoms with Gasteiger partial charge < -0.3 is 10.6 Å². The maximum Gasteiger partial charge on any atom is 0.323 e. The standard InChI is InChI=1S/C19H17FN4O5S2/c20-13-1-9-18(10-2-13)31(28,29)24-16-5-3-14(4-6-16)22-19(25)23-15-7-11-17(12-8-15)30(21,26)27/h1-12,24H,(H2,21,26,27)(H2,22,23,25). The molecule has 0 saturated heterocycles. The second-order valence-corrected chi connectivity index (χ2v) is 9.53. The van der Waals surface area contributed by atoms with Gasteiger partial charge in [0.05, 0.1) is 9.79 Å². The zero-order valence-electron chi connectivity index (χ0n) is 15.7. The van der Waals surface area contributed by atoms with Crippen LogP contribution in [0.2, 0.25) is 0 Å². The van der Waals surface area contributed by atoms with Crippen molar-refractivity contribution >= 4 is 43.1 Å². The van der Waals surface area contributed by atoms with E-state index < -0.39 is 31.9 Å². The van der Waals surface area contributed by atoms with Crippen LogP contribution in [0.4, 0.5) is 26.2 Å². The lowest BCUT2D eigenvalue weighted by atomic mass is 10.3. The number of nitrogens with two attached hydrogens (primary N) is 1. The summed E-state index contributed by atoms with van der Waals surface area (Å²) < 4.78 is 62.4. The summed E-state index contributed by atoms with van der Waals surface area (Å²) in [5, 5.41) is 10.1. The number of sulfonamides is 2. The molecule has 0 aliphatic heterocycles. The lowest BCUT2D eigenvalue weighted by molar-refractivity contribution is 0.262. The van der Waals surface area contributed by atoms with E-state index in [0.717, 1.165) is 24.3 Å². The number of primary sulfonamides is 1. The number of carbonyl (C=O) groups is 1. The van der Waals surface area contributed by atoms with Crippen LogP contribution in [0.3, 0.4) is 0 Å². The van der Waals surface area contributed by atoms with Crippen LogP contribution < -0.4 is 20.5 Å². The van der Waals surface area contributed by atoms with E-state index in [9.17, 15) is 26.0 Å². The molecule has 162 valence electrons. The highest BCUT2D eigenvalue weighted by atomic mass is 32.2. The zero-order valence-corrected chi connectivity index (χ0v) is 17.4. The molecule has 9 nitrogen and oxygen atoms in total. The van der Waals surface area contributed by atoms with Crippen molar-refractivity contribution in [2.45, 2.75) is 9.79 Å². The maximum atomic E-state index is 13.0. The Labute approximate surface area is 178 Å². The average molecular weight is 465 g/mol. The molecule has 0 fully saturated rings. The molecule has 0 bridgehead atoms. The smallest absolute Gasteiger partial charge is 0.308 e. The topological polar surface area (TPSA) is 147 Å². The molecule has 3 aromatic carbocycles. The van der Waals surface area contributed by atoms with E-state index in [-0.39, 0.29) is 15.5 Å². The van der Waals surface area contributed by atoms with Gasteiger partial charge in [-0.3, -0.25) is 4.72 Å². The Kier molecular flexibility index (Phi) is 6.24. The van der Waals surface area contributed by atoms with Crippen LogP contribution in [0.1, 0.15) is 0 Å². The first-order chi connectivity index (χ1) is 14.5. The minimum atomic E-state index is -3.89. The first kappa shape index (κ1) is 22.2. The maximum absolute atomic E-state index is 13.0. The van der Waals surface area contributed by atoms with Gasteiger partial charge in [-0.1, -0.05) is 0 Å². The Balaban J connectivity index is 1.61. The summed E-state index contributed by atoms with van der Waals surface area (Å²) in [5.74, 6) is -0.548. The first-order valence-electron chi connectivity index (χ1n) is 8.62. The molecule has 0 saturated carbocycles. The quantitative estimate of drug-likeness (QED) is 0.443. The van der Waals surface area contributed by atoms with Crippen molar-refractivity contribution in [3.63, 3.8) is 0 Å². The number of hydrogen-bond donors (Lipinski definition) is 4. The van der Waals surface area contributed by atoms with Crippen LogP contribution in [0.5, 0.6) is 0 Å². The molecule has 3 rings (SSSR count). The molecule has 3 aromatic rings. The highest BCUT2D eigenvalue weighted by Crippen LogP contribution is 2.19. The van der Waals surface area contributed by atoms with Crippen molar-refractivity contribution in [1.82, 2.24) is 0 Å². The molecular formula is C19H17FN4O5S2. The van der Waals surface area contributed by atoms with Gasteiger partial charge in [0.15, 0.2) is 0 Å². The van der Waals surface area contributed by atoms with Gasteiger partial charge in [0.2, 0.25) is 10.0 Å². The molecule has 0 spiro atoms. The molecule has 5 N–H and O–H groups in total. The van der Waals surface area contributed by atoms with Gasteiger partial charge in [-0.25, -0.2) is 31.2 Å². The van der Waals surface area contributed by atoms with E-state index in [1.165, 1.54) is 48.5 Å². The van der Waals surface area contributed by atoms with Crippen molar-refractivity contribution in [1.29, 1.82) is 0 Å². The van der Waals surface area contributed by atoms with E-state index >= 15 is 0 Å². The Bertz CT molecular complexity index is 1290. The molecule has 0 aromatic heterocycles. The lowest BCUT2D eigenvalue weighted by Crippen LogP contribution is -2.19. The number of urea groups is 1. The van der Waals surface area contributed by atoms with Gasteiger partial charge >= 0.3 is 6.03 Å². The van der Waals surface area contributed by atoms with E-state index in [4.69, 9.17) is 5.14 Å². The van der Waals surface area contributed by atoms with Crippen LogP contribution in [-0.4, -0.2) is 22.9 Å². The number of hydrogen-bond acceptors (Lipinski definition) is 5. The largest absolute Gasteiger partial charge is 0.323 e. The molecule has 0 heterocycles. The van der Waals surface area contributed by atoms with Crippen LogP contribution in [0, 0.1) is 5.82 Å². The Hall–Kier alpha value is -3.48. The number of carbonyl (C=O) groups excluding carboxylic acids is 1. The third-order valence-electron chi connectivity index (χ3n) is 3.96. The lowest BCUT2D eigenvalue weighted by Gasteiger charge is -2.10. The minimum absolute atomic E-state index is 0.0860. The van der Waals surface area contributed by atoms with E-state index in [1.807, 2.05) is 0 Å². The number of anilines is 3. The molecular weight excluding hydrogens is 447 g/mol. The Morgan fingerprint density at radius 3 is 1.58 bits per heavy atom. The van der Waals surface area contributed by atoms with Gasteiger partial charge in [0.25, 0.3) is 10.0 Å². The monoisotopic (exact) mass is 464 g/mol. The first-order valence-corrected chi connectivity index (χ1v) is 11.7. The molecule has 12 heteroatoms. The predicted octanol–water partition coefficient (Wildman–Crippen LogP) is 2.92. The van der Waals surface area contributed by atoms with Crippen LogP contribution in [0.25, 0.3) is 0 Å². The fraction of sp³-hybridized carbons (Fsp3) is 0. The summed E-state index contributed by atoms with van der Waals surface area (Å²) in [4.78, 5) is 11.9. The summed E-state index contributed by atoms with van der Waals surface area (Å²) in [7, 11) is -7.72. The highest BCUT2D eigenvalue weighted by molar-refractivity contribution is 7.92. The third kappa shape index (κ3) is 6.01. The Morgan fingerprint density at radius 2 is 1.10 bits per heavy atom. The zero-order chi connectivity index (χ0) is 22.6. The van der Waals surface area contributed by atoms with E-state index in [0.29, 0.717) is 11.4 Å². The summed E-state index contributed by atoms with van der Waals surface area (Å²) in [6, 6.07) is 14.9. The second kappa shape index (κ2) is 8.71. The van der Waals surface area contributed by atoms with E-state index in [1.54, 1.807) is 0 Å². The summed E-state index contributed by atoms with van der Waals surface area (Å²) >= 11 is 0. The molecule has 0 aliphatic rings. The van der Waals surface area contributed by atoms with Gasteiger partial charge in [0, 0.05) is 17.1 Å². The summed E-state index contributed by atoms with van der Waals surface area (Å²) in [6.07, 6.45) is 0. The predicted molar refractivity (Wildman–Crippen MR) is 114 cm³/mol. The molecule has 0 atom stereocenters. The third-order valence-corrected chi connectivity index (χ3v) is 6.29. The minimum Gasteiger partial charge on any atom is -0.308 e. The average Bonchev–Trinajstić information content (AvgIpc) is 2.69. The molecule has 0 unspecified atom stereocenters. The van der Waals surface area contributed by atoms with Crippen LogP contribution in [-0.2, 0) is 20.0 Å². The van der Waals surface area contributed by atoms with Crippen molar-refractivity contribution in [2.24, 2.45) is 5.14 Å². The van der Waals surface area contributed by atoms with Crippen LogP contribution in [0.15, 0.2) is 82.6 Å². The number of benzene rings is 3. The SMILES string of the molecule is NS(=O)(=O)c1ccc(NC(=O)Nc2ccc(NS(=O)(=O)c3ccc(F)cc3)cc2)cc1. The molecule has 0 aliphatic carbocycles. The van der Waals surface area contributed by atoms with Gasteiger partial charge in [-0.15, -0.1) is 0 Å². The normalized spacial score (nSPS) is 11.5. The number of halogens is 1. The van der Waals surface area contributed by atoms with Crippen LogP contribution >= 0.6 is 0 Å². The summed E-state index contributed by atoms with van der Waals surface area (Å²) in [6.45, 7) is 0. The van der Waals surface area contributed by atoms with Crippen molar-refractivity contribution in [2.75, 3.05) is 15.4 Å². The van der Waals surface area contributed by atoms with Gasteiger partial charge in [-0.05, 0) is 72.8 Å². The molecule has 2 amide bonds. The van der Waals surface area contributed by atoms with Crippen molar-refractivity contribution in [3.05, 3.63) is 78.6 Å². The van der Waals surface area contributed by atoms with Gasteiger partial charge in [-0.2, -0.15) is 0 Å². The van der Waals surface area contributed by atoms with Gasteiger partial charge in [0.1, 0.15) is 5.82 Å². The fourth-order valence-corrected chi connectivity index (χ4v) is 4.04. The highest BCUT2D eigenvalue weighted by Gasteiger charge is 2.14. The Morgan fingerprint density at radius 1 is 0.677 bits per heavy atom. The van der Waals surface area contributed by atoms with Crippen molar-refractivity contribution < 1.29 is 26.0 Å². The number of amides is 2. The van der Waals surface area contributed by atoms with Crippen molar-refractivity contribution in [3.8, 4) is 0 Å². The number of nitrogens with one attached hydrogen (secondary N) is 3. The fourth-order valence-electron chi connectivity index (χ4n) is 2.47. The number of rotatable bonds is 6.